The van der Waals surface area contributed by atoms with Gasteiger partial charge in [-0.3, -0.25) is 0 Å². The SMILES string of the molecule is CC(C)CCCc1cccc(CCC(C)C)c1-c1ccccc1. The Labute approximate surface area is 143 Å². The maximum absolute atomic E-state index is 2.33. The third-order valence-electron chi connectivity index (χ3n) is 4.52. The van der Waals surface area contributed by atoms with Gasteiger partial charge in [0.2, 0.25) is 0 Å². The molecule has 0 atom stereocenters. The number of hydrogen-bond donors (Lipinski definition) is 0. The second-order valence-electron chi connectivity index (χ2n) is 7.54. The summed E-state index contributed by atoms with van der Waals surface area (Å²) in [6, 6.07) is 17.9. The molecule has 0 aliphatic carbocycles. The van der Waals surface area contributed by atoms with Crippen molar-refractivity contribution in [3.8, 4) is 11.1 Å². The highest BCUT2D eigenvalue weighted by molar-refractivity contribution is 5.71. The van der Waals surface area contributed by atoms with Crippen LogP contribution in [0.25, 0.3) is 11.1 Å². The molecule has 0 aliphatic heterocycles. The largest absolute Gasteiger partial charge is 0.0628 e. The number of hydrogen-bond acceptors (Lipinski definition) is 0. The van der Waals surface area contributed by atoms with Crippen LogP contribution in [0, 0.1) is 11.8 Å². The first kappa shape index (κ1) is 17.8. The zero-order valence-corrected chi connectivity index (χ0v) is 15.3. The van der Waals surface area contributed by atoms with E-state index >= 15 is 0 Å². The predicted octanol–water partition coefficient (Wildman–Crippen LogP) is 6.92. The predicted molar refractivity (Wildman–Crippen MR) is 103 cm³/mol. The molecule has 2 aromatic rings. The van der Waals surface area contributed by atoms with Crippen molar-refractivity contribution in [2.75, 3.05) is 0 Å². The van der Waals surface area contributed by atoms with Crippen LogP contribution in [0.1, 0.15) is 58.1 Å². The van der Waals surface area contributed by atoms with Gasteiger partial charge in [-0.25, -0.2) is 0 Å². The summed E-state index contributed by atoms with van der Waals surface area (Å²) in [6.45, 7) is 9.26. The van der Waals surface area contributed by atoms with Gasteiger partial charge in [-0.2, -0.15) is 0 Å². The van der Waals surface area contributed by atoms with Crippen LogP contribution in [-0.2, 0) is 12.8 Å². The van der Waals surface area contributed by atoms with E-state index in [2.05, 4.69) is 76.2 Å². The molecular weight excluding hydrogens is 276 g/mol. The zero-order chi connectivity index (χ0) is 16.7. The second kappa shape index (κ2) is 8.91. The summed E-state index contributed by atoms with van der Waals surface area (Å²) in [4.78, 5) is 0. The van der Waals surface area contributed by atoms with Crippen LogP contribution in [-0.4, -0.2) is 0 Å². The highest BCUT2D eigenvalue weighted by Crippen LogP contribution is 2.30. The maximum atomic E-state index is 2.33. The van der Waals surface area contributed by atoms with Crippen molar-refractivity contribution in [2.45, 2.75) is 59.8 Å². The summed E-state index contributed by atoms with van der Waals surface area (Å²) >= 11 is 0. The van der Waals surface area contributed by atoms with Crippen LogP contribution in [0.5, 0.6) is 0 Å². The molecule has 0 heterocycles. The molecule has 0 unspecified atom stereocenters. The molecule has 2 aromatic carbocycles. The Bertz CT molecular complexity index is 578. The molecular formula is C23H32. The Morgan fingerprint density at radius 3 is 1.87 bits per heavy atom. The van der Waals surface area contributed by atoms with Gasteiger partial charge in [0.15, 0.2) is 0 Å². The summed E-state index contributed by atoms with van der Waals surface area (Å²) in [5.74, 6) is 1.54. The Hall–Kier alpha value is -1.56. The average molecular weight is 309 g/mol. The van der Waals surface area contributed by atoms with Crippen LogP contribution in [0.2, 0.25) is 0 Å². The van der Waals surface area contributed by atoms with Gasteiger partial charge in [0.1, 0.15) is 0 Å². The van der Waals surface area contributed by atoms with Gasteiger partial charge in [0.25, 0.3) is 0 Å². The van der Waals surface area contributed by atoms with E-state index in [1.54, 1.807) is 0 Å². The third kappa shape index (κ3) is 5.53. The van der Waals surface area contributed by atoms with Crippen molar-refractivity contribution in [2.24, 2.45) is 11.8 Å². The molecule has 0 aliphatic rings. The summed E-state index contributed by atoms with van der Waals surface area (Å²) in [5, 5.41) is 0. The van der Waals surface area contributed by atoms with E-state index in [1.165, 1.54) is 54.4 Å². The van der Waals surface area contributed by atoms with Crippen molar-refractivity contribution in [1.29, 1.82) is 0 Å². The fraction of sp³-hybridized carbons (Fsp3) is 0.478. The average Bonchev–Trinajstić information content (AvgIpc) is 2.53. The van der Waals surface area contributed by atoms with Crippen molar-refractivity contribution in [1.82, 2.24) is 0 Å². The molecule has 0 fully saturated rings. The Morgan fingerprint density at radius 1 is 0.652 bits per heavy atom. The van der Waals surface area contributed by atoms with Gasteiger partial charge in [0.05, 0.1) is 0 Å². The van der Waals surface area contributed by atoms with Crippen molar-refractivity contribution < 1.29 is 0 Å². The van der Waals surface area contributed by atoms with Crippen LogP contribution in [0.3, 0.4) is 0 Å². The van der Waals surface area contributed by atoms with Crippen molar-refractivity contribution >= 4 is 0 Å². The first-order chi connectivity index (χ1) is 11.1. The molecule has 23 heavy (non-hydrogen) atoms. The second-order valence-corrected chi connectivity index (χ2v) is 7.54. The van der Waals surface area contributed by atoms with Gasteiger partial charge >= 0.3 is 0 Å². The fourth-order valence-corrected chi connectivity index (χ4v) is 3.19. The number of benzene rings is 2. The molecule has 0 saturated heterocycles. The van der Waals surface area contributed by atoms with E-state index in [1.807, 2.05) is 0 Å². The minimum Gasteiger partial charge on any atom is -0.0628 e. The molecule has 0 bridgehead atoms. The number of aryl methyl sites for hydroxylation is 2. The normalized spacial score (nSPS) is 11.4. The minimum absolute atomic E-state index is 0.753. The lowest BCUT2D eigenvalue weighted by Gasteiger charge is -2.17. The standard InChI is InChI=1S/C23H32/c1-18(2)10-8-13-21-14-9-15-22(17-16-19(3)4)23(21)20-11-6-5-7-12-20/h5-7,9,11-12,14-15,18-19H,8,10,13,16-17H2,1-4H3. The van der Waals surface area contributed by atoms with E-state index in [0.29, 0.717) is 0 Å². The van der Waals surface area contributed by atoms with Crippen LogP contribution >= 0.6 is 0 Å². The summed E-state index contributed by atoms with van der Waals surface area (Å²) in [5.41, 5.74) is 5.92. The Balaban J connectivity index is 2.31. The molecule has 124 valence electrons. The lowest BCUT2D eigenvalue weighted by molar-refractivity contribution is 0.555. The van der Waals surface area contributed by atoms with E-state index < -0.39 is 0 Å². The van der Waals surface area contributed by atoms with E-state index in [9.17, 15) is 0 Å². The molecule has 0 amide bonds. The number of rotatable bonds is 8. The lowest BCUT2D eigenvalue weighted by Crippen LogP contribution is -2.00. The molecule has 0 heteroatoms. The highest BCUT2D eigenvalue weighted by atomic mass is 14.2. The van der Waals surface area contributed by atoms with Crippen LogP contribution in [0.15, 0.2) is 48.5 Å². The van der Waals surface area contributed by atoms with E-state index in [0.717, 1.165) is 11.8 Å². The quantitative estimate of drug-likeness (QED) is 0.496. The molecule has 0 aromatic heterocycles. The smallest absolute Gasteiger partial charge is 0.0120 e. The lowest BCUT2D eigenvalue weighted by atomic mass is 9.88. The topological polar surface area (TPSA) is 0 Å². The van der Waals surface area contributed by atoms with Crippen LogP contribution < -0.4 is 0 Å². The van der Waals surface area contributed by atoms with Gasteiger partial charge in [-0.15, -0.1) is 0 Å². The molecule has 0 saturated carbocycles. The third-order valence-corrected chi connectivity index (χ3v) is 4.52. The zero-order valence-electron chi connectivity index (χ0n) is 15.3. The highest BCUT2D eigenvalue weighted by Gasteiger charge is 2.11. The molecule has 0 spiro atoms. The monoisotopic (exact) mass is 308 g/mol. The van der Waals surface area contributed by atoms with Gasteiger partial charge in [-0.1, -0.05) is 82.6 Å². The Kier molecular flexibility index (Phi) is 6.89. The van der Waals surface area contributed by atoms with E-state index in [4.69, 9.17) is 0 Å². The van der Waals surface area contributed by atoms with Crippen LogP contribution in [0.4, 0.5) is 0 Å². The van der Waals surface area contributed by atoms with Gasteiger partial charge in [-0.05, 0) is 59.8 Å². The van der Waals surface area contributed by atoms with Gasteiger partial charge < -0.3 is 0 Å². The molecule has 0 nitrogen and oxygen atoms in total. The first-order valence-corrected chi connectivity index (χ1v) is 9.24. The fourth-order valence-electron chi connectivity index (χ4n) is 3.19. The van der Waals surface area contributed by atoms with E-state index in [-0.39, 0.29) is 0 Å². The summed E-state index contributed by atoms with van der Waals surface area (Å²) in [6.07, 6.45) is 6.22. The van der Waals surface area contributed by atoms with Crippen molar-refractivity contribution in [3.05, 3.63) is 59.7 Å². The molecule has 2 rings (SSSR count). The summed E-state index contributed by atoms with van der Waals surface area (Å²) in [7, 11) is 0. The Morgan fingerprint density at radius 2 is 1.26 bits per heavy atom. The summed E-state index contributed by atoms with van der Waals surface area (Å²) < 4.78 is 0. The van der Waals surface area contributed by atoms with Gasteiger partial charge in [0, 0.05) is 0 Å². The maximum Gasteiger partial charge on any atom is -0.0120 e. The first-order valence-electron chi connectivity index (χ1n) is 9.24. The molecule has 0 N–H and O–H groups in total. The minimum atomic E-state index is 0.753. The molecule has 0 radical (unpaired) electrons. The van der Waals surface area contributed by atoms with Crippen molar-refractivity contribution in [3.63, 3.8) is 0 Å².